The lowest BCUT2D eigenvalue weighted by Crippen LogP contribution is -2.06. The van der Waals surface area contributed by atoms with Crippen LogP contribution in [0.25, 0.3) is 11.3 Å². The number of hydrogen-bond acceptors (Lipinski definition) is 6. The van der Waals surface area contributed by atoms with Gasteiger partial charge in [-0.05, 0) is 43.3 Å². The zero-order valence-electron chi connectivity index (χ0n) is 13.6. The summed E-state index contributed by atoms with van der Waals surface area (Å²) >= 11 is 5.84. The summed E-state index contributed by atoms with van der Waals surface area (Å²) in [5, 5.41) is 11.4. The Morgan fingerprint density at radius 3 is 2.65 bits per heavy atom. The van der Waals surface area contributed by atoms with Crippen LogP contribution in [0.2, 0.25) is 5.02 Å². The Morgan fingerprint density at radius 2 is 2.00 bits per heavy atom. The Hall–Kier alpha value is -3.19. The van der Waals surface area contributed by atoms with Crippen molar-refractivity contribution in [2.75, 3.05) is 0 Å². The molecule has 3 aromatic rings. The van der Waals surface area contributed by atoms with Gasteiger partial charge < -0.3 is 9.15 Å². The van der Waals surface area contributed by atoms with Gasteiger partial charge in [0, 0.05) is 22.2 Å². The van der Waals surface area contributed by atoms with Crippen molar-refractivity contribution in [3.63, 3.8) is 0 Å². The number of aryl methyl sites for hydroxylation is 1. The minimum Gasteiger partial charge on any atom is -0.452 e. The van der Waals surface area contributed by atoms with E-state index in [9.17, 15) is 14.9 Å². The monoisotopic (exact) mass is 372 g/mol. The quantitative estimate of drug-likeness (QED) is 0.370. The zero-order chi connectivity index (χ0) is 18.7. The second-order valence-electron chi connectivity index (χ2n) is 5.46. The molecule has 0 atom stereocenters. The molecular formula is C18H13ClN2O5. The highest BCUT2D eigenvalue weighted by molar-refractivity contribution is 6.30. The molecule has 0 bridgehead atoms. The van der Waals surface area contributed by atoms with Crippen LogP contribution in [0.3, 0.4) is 0 Å². The predicted octanol–water partition coefficient (Wildman–Crippen LogP) is 4.57. The van der Waals surface area contributed by atoms with Gasteiger partial charge in [-0.1, -0.05) is 11.6 Å². The first-order valence-electron chi connectivity index (χ1n) is 7.57. The highest BCUT2D eigenvalue weighted by atomic mass is 35.5. The second kappa shape index (κ2) is 7.37. The maximum absolute atomic E-state index is 12.1. The molecule has 132 valence electrons. The molecule has 7 nitrogen and oxygen atoms in total. The lowest BCUT2D eigenvalue weighted by molar-refractivity contribution is -0.385. The third-order valence-electron chi connectivity index (χ3n) is 3.64. The Bertz CT molecular complexity index is 966. The van der Waals surface area contributed by atoms with Crippen LogP contribution in [0.1, 0.15) is 21.8 Å². The fourth-order valence-electron chi connectivity index (χ4n) is 2.32. The number of esters is 1. The molecule has 0 aliphatic rings. The average Bonchev–Trinajstić information content (AvgIpc) is 3.09. The summed E-state index contributed by atoms with van der Waals surface area (Å²) in [5.41, 5.74) is 1.34. The standard InChI is InChI=1S/C18H13ClN2O5/c1-11-8-13(4-7-15(11)21(23)24)18(22)25-10-17-20-9-16(26-17)12-2-5-14(19)6-3-12/h2-9H,10H2,1H3. The SMILES string of the molecule is Cc1cc(C(=O)OCc2ncc(-c3ccc(Cl)cc3)o2)ccc1[N+](=O)[O-]. The summed E-state index contributed by atoms with van der Waals surface area (Å²) in [4.78, 5) is 26.5. The number of rotatable bonds is 5. The van der Waals surface area contributed by atoms with E-state index < -0.39 is 10.9 Å². The fourth-order valence-corrected chi connectivity index (χ4v) is 2.45. The van der Waals surface area contributed by atoms with Crippen LogP contribution in [0.4, 0.5) is 5.69 Å². The van der Waals surface area contributed by atoms with E-state index in [1.807, 2.05) is 0 Å². The molecule has 1 heterocycles. The number of nitro benzene ring substituents is 1. The van der Waals surface area contributed by atoms with Crippen molar-refractivity contribution in [1.82, 2.24) is 4.98 Å². The van der Waals surface area contributed by atoms with E-state index in [2.05, 4.69) is 4.98 Å². The number of nitrogens with zero attached hydrogens (tertiary/aromatic N) is 2. The van der Waals surface area contributed by atoms with Crippen LogP contribution < -0.4 is 0 Å². The van der Waals surface area contributed by atoms with Crippen LogP contribution in [-0.4, -0.2) is 15.9 Å². The number of carbonyl (C=O) groups excluding carboxylic acids is 1. The number of benzene rings is 2. The van der Waals surface area contributed by atoms with Crippen molar-refractivity contribution in [3.05, 3.63) is 80.8 Å². The molecule has 0 amide bonds. The highest BCUT2D eigenvalue weighted by Crippen LogP contribution is 2.23. The molecular weight excluding hydrogens is 360 g/mol. The maximum Gasteiger partial charge on any atom is 0.338 e. The molecule has 8 heteroatoms. The van der Waals surface area contributed by atoms with Gasteiger partial charge in [-0.3, -0.25) is 10.1 Å². The van der Waals surface area contributed by atoms with Gasteiger partial charge in [0.25, 0.3) is 5.69 Å². The molecule has 26 heavy (non-hydrogen) atoms. The van der Waals surface area contributed by atoms with Gasteiger partial charge in [-0.2, -0.15) is 0 Å². The number of oxazole rings is 1. The van der Waals surface area contributed by atoms with E-state index in [0.29, 0.717) is 16.3 Å². The van der Waals surface area contributed by atoms with E-state index >= 15 is 0 Å². The van der Waals surface area contributed by atoms with Crippen LogP contribution >= 0.6 is 11.6 Å². The minimum absolute atomic E-state index is 0.0538. The van der Waals surface area contributed by atoms with Crippen molar-refractivity contribution in [1.29, 1.82) is 0 Å². The normalized spacial score (nSPS) is 10.5. The van der Waals surface area contributed by atoms with Crippen molar-refractivity contribution < 1.29 is 18.9 Å². The molecule has 0 aliphatic carbocycles. The lowest BCUT2D eigenvalue weighted by Gasteiger charge is -2.04. The smallest absolute Gasteiger partial charge is 0.338 e. The summed E-state index contributed by atoms with van der Waals surface area (Å²) in [7, 11) is 0. The van der Waals surface area contributed by atoms with Gasteiger partial charge in [-0.15, -0.1) is 0 Å². The van der Waals surface area contributed by atoms with E-state index in [1.54, 1.807) is 31.2 Å². The number of aromatic nitrogens is 1. The molecule has 0 aliphatic heterocycles. The van der Waals surface area contributed by atoms with Crippen LogP contribution in [-0.2, 0) is 11.3 Å². The molecule has 3 rings (SSSR count). The number of nitro groups is 1. The predicted molar refractivity (Wildman–Crippen MR) is 93.9 cm³/mol. The third kappa shape index (κ3) is 3.89. The number of hydrogen-bond donors (Lipinski definition) is 0. The molecule has 0 unspecified atom stereocenters. The second-order valence-corrected chi connectivity index (χ2v) is 5.90. The Labute approximate surface area is 153 Å². The van der Waals surface area contributed by atoms with Crippen LogP contribution in [0, 0.1) is 17.0 Å². The topological polar surface area (TPSA) is 95.5 Å². The summed E-state index contributed by atoms with van der Waals surface area (Å²) in [6, 6.07) is 11.1. The molecule has 0 fully saturated rings. The highest BCUT2D eigenvalue weighted by Gasteiger charge is 2.16. The van der Waals surface area contributed by atoms with Crippen LogP contribution in [0.5, 0.6) is 0 Å². The minimum atomic E-state index is -0.616. The summed E-state index contributed by atoms with van der Waals surface area (Å²) in [6.07, 6.45) is 1.53. The Balaban J connectivity index is 1.66. The number of carbonyl (C=O) groups is 1. The summed E-state index contributed by atoms with van der Waals surface area (Å²) < 4.78 is 10.7. The third-order valence-corrected chi connectivity index (χ3v) is 3.89. The van der Waals surface area contributed by atoms with Gasteiger partial charge >= 0.3 is 5.97 Å². The first-order chi connectivity index (χ1) is 12.4. The van der Waals surface area contributed by atoms with Crippen molar-refractivity contribution >= 4 is 23.3 Å². The molecule has 0 saturated carbocycles. The number of halogens is 1. The van der Waals surface area contributed by atoms with Crippen molar-refractivity contribution in [2.24, 2.45) is 0 Å². The molecule has 0 radical (unpaired) electrons. The summed E-state index contributed by atoms with van der Waals surface area (Å²) in [6.45, 7) is 1.41. The van der Waals surface area contributed by atoms with Crippen molar-refractivity contribution in [2.45, 2.75) is 13.5 Å². The molecule has 0 saturated heterocycles. The lowest BCUT2D eigenvalue weighted by atomic mass is 10.1. The van der Waals surface area contributed by atoms with Crippen LogP contribution in [0.15, 0.2) is 53.1 Å². The van der Waals surface area contributed by atoms with Crippen molar-refractivity contribution in [3.8, 4) is 11.3 Å². The maximum atomic E-state index is 12.1. The average molecular weight is 373 g/mol. The van der Waals surface area contributed by atoms with Gasteiger partial charge in [0.1, 0.15) is 0 Å². The molecule has 2 aromatic carbocycles. The van der Waals surface area contributed by atoms with E-state index in [4.69, 9.17) is 20.8 Å². The zero-order valence-corrected chi connectivity index (χ0v) is 14.4. The Morgan fingerprint density at radius 1 is 1.27 bits per heavy atom. The van der Waals surface area contributed by atoms with E-state index in [0.717, 1.165) is 5.56 Å². The fraction of sp³-hybridized carbons (Fsp3) is 0.111. The number of ether oxygens (including phenoxy) is 1. The largest absolute Gasteiger partial charge is 0.452 e. The van der Waals surface area contributed by atoms with E-state index in [1.165, 1.54) is 24.4 Å². The van der Waals surface area contributed by atoms with Gasteiger partial charge in [0.05, 0.1) is 16.7 Å². The first kappa shape index (κ1) is 17.6. The van der Waals surface area contributed by atoms with Gasteiger partial charge in [-0.25, -0.2) is 9.78 Å². The first-order valence-corrected chi connectivity index (χ1v) is 7.94. The van der Waals surface area contributed by atoms with E-state index in [-0.39, 0.29) is 23.7 Å². The molecule has 0 spiro atoms. The van der Waals surface area contributed by atoms with Gasteiger partial charge in [0.2, 0.25) is 5.89 Å². The molecule has 1 aromatic heterocycles. The van der Waals surface area contributed by atoms with Gasteiger partial charge in [0.15, 0.2) is 12.4 Å². The molecule has 0 N–H and O–H groups in total. The Kier molecular flexibility index (Phi) is 4.99. The summed E-state index contributed by atoms with van der Waals surface area (Å²) in [5.74, 6) is 0.148.